The molecule has 1 saturated heterocycles. The molecule has 1 amide bonds. The monoisotopic (exact) mass is 361 g/mol. The number of carbonyl (C=O) groups is 1. The first kappa shape index (κ1) is 18.3. The van der Waals surface area contributed by atoms with E-state index in [0.717, 1.165) is 17.7 Å². The average molecular weight is 361 g/mol. The molecule has 9 nitrogen and oxygen atoms in total. The summed E-state index contributed by atoms with van der Waals surface area (Å²) in [5.74, 6) is -0.343. The third kappa shape index (κ3) is 3.40. The number of nitrogens with zero attached hydrogens (tertiary/aromatic N) is 4. The molecule has 3 heterocycles. The van der Waals surface area contributed by atoms with Crippen molar-refractivity contribution in [2.24, 2.45) is 14.1 Å². The molecular formula is C17H23N5O4. The second kappa shape index (κ2) is 7.38. The van der Waals surface area contributed by atoms with Crippen molar-refractivity contribution in [3.63, 3.8) is 0 Å². The summed E-state index contributed by atoms with van der Waals surface area (Å²) in [5, 5.41) is 3.02. The fourth-order valence-electron chi connectivity index (χ4n) is 3.11. The Morgan fingerprint density at radius 3 is 2.62 bits per heavy atom. The molecule has 0 bridgehead atoms. The predicted octanol–water partition coefficient (Wildman–Crippen LogP) is -0.997. The van der Waals surface area contributed by atoms with Crippen LogP contribution in [0.2, 0.25) is 0 Å². The Morgan fingerprint density at radius 1 is 1.23 bits per heavy atom. The number of pyridine rings is 1. The minimum Gasteiger partial charge on any atom is -0.379 e. The molecule has 0 atom stereocenters. The Morgan fingerprint density at radius 2 is 1.92 bits per heavy atom. The summed E-state index contributed by atoms with van der Waals surface area (Å²) in [7, 11) is 2.93. The summed E-state index contributed by atoms with van der Waals surface area (Å²) in [6, 6.07) is 1.58. The lowest BCUT2D eigenvalue weighted by Gasteiger charge is -2.26. The van der Waals surface area contributed by atoms with Gasteiger partial charge in [0.05, 0.1) is 24.2 Å². The van der Waals surface area contributed by atoms with Crippen LogP contribution in [0.1, 0.15) is 16.1 Å². The molecule has 0 saturated carbocycles. The van der Waals surface area contributed by atoms with Crippen molar-refractivity contribution in [1.82, 2.24) is 24.3 Å². The molecule has 3 rings (SSSR count). The SMILES string of the molecule is Cc1cc(C(=O)NCCN2CCOCC2)c2c(=O)n(C)c(=O)n(C)c2n1. The highest BCUT2D eigenvalue weighted by atomic mass is 16.5. The standard InChI is InChI=1S/C17H23N5O4/c1-11-10-12(15(23)18-4-5-22-6-8-26-9-7-22)13-14(19-11)20(2)17(25)21(3)16(13)24/h10H,4-9H2,1-3H3,(H,18,23). The molecule has 140 valence electrons. The van der Waals surface area contributed by atoms with Gasteiger partial charge in [0.2, 0.25) is 0 Å². The quantitative estimate of drug-likeness (QED) is 0.750. The van der Waals surface area contributed by atoms with Crippen LogP contribution in [-0.4, -0.2) is 64.3 Å². The minimum atomic E-state index is -0.520. The third-order valence-electron chi connectivity index (χ3n) is 4.60. The van der Waals surface area contributed by atoms with E-state index in [1.807, 2.05) is 0 Å². The van der Waals surface area contributed by atoms with Crippen LogP contribution in [0.25, 0.3) is 11.0 Å². The van der Waals surface area contributed by atoms with Crippen LogP contribution in [0.3, 0.4) is 0 Å². The fraction of sp³-hybridized carbons (Fsp3) is 0.529. The zero-order valence-corrected chi connectivity index (χ0v) is 15.2. The summed E-state index contributed by atoms with van der Waals surface area (Å²) in [6.45, 7) is 6.00. The Bertz CT molecular complexity index is 956. The Labute approximate surface area is 150 Å². The van der Waals surface area contributed by atoms with E-state index in [0.29, 0.717) is 32.0 Å². The molecule has 1 fully saturated rings. The van der Waals surface area contributed by atoms with Crippen LogP contribution in [0, 0.1) is 6.92 Å². The van der Waals surface area contributed by atoms with Crippen molar-refractivity contribution in [1.29, 1.82) is 0 Å². The number of carbonyl (C=O) groups excluding carboxylic acids is 1. The van der Waals surface area contributed by atoms with Crippen LogP contribution in [0.5, 0.6) is 0 Å². The first-order chi connectivity index (χ1) is 12.4. The van der Waals surface area contributed by atoms with Crippen LogP contribution >= 0.6 is 0 Å². The summed E-state index contributed by atoms with van der Waals surface area (Å²) >= 11 is 0. The Hall–Kier alpha value is -2.52. The maximum absolute atomic E-state index is 12.7. The molecule has 2 aromatic heterocycles. The van der Waals surface area contributed by atoms with Crippen LogP contribution < -0.4 is 16.6 Å². The van der Waals surface area contributed by atoms with Gasteiger partial charge in [0.25, 0.3) is 11.5 Å². The first-order valence-electron chi connectivity index (χ1n) is 8.56. The van der Waals surface area contributed by atoms with Crippen molar-refractivity contribution in [3.05, 3.63) is 38.2 Å². The van der Waals surface area contributed by atoms with Gasteiger partial charge in [-0.05, 0) is 13.0 Å². The fourth-order valence-corrected chi connectivity index (χ4v) is 3.11. The van der Waals surface area contributed by atoms with Crippen molar-refractivity contribution in [3.8, 4) is 0 Å². The summed E-state index contributed by atoms with van der Waals surface area (Å²) in [4.78, 5) is 43.9. The van der Waals surface area contributed by atoms with E-state index in [9.17, 15) is 14.4 Å². The molecule has 0 unspecified atom stereocenters. The van der Waals surface area contributed by atoms with Crippen molar-refractivity contribution in [2.45, 2.75) is 6.92 Å². The number of ether oxygens (including phenoxy) is 1. The van der Waals surface area contributed by atoms with Crippen LogP contribution in [0.4, 0.5) is 0 Å². The highest BCUT2D eigenvalue weighted by Crippen LogP contribution is 2.13. The molecule has 0 spiro atoms. The molecule has 0 aliphatic carbocycles. The second-order valence-corrected chi connectivity index (χ2v) is 6.43. The highest BCUT2D eigenvalue weighted by Gasteiger charge is 2.19. The van der Waals surface area contributed by atoms with Crippen LogP contribution in [0.15, 0.2) is 15.7 Å². The number of rotatable bonds is 4. The number of morpholine rings is 1. The van der Waals surface area contributed by atoms with E-state index in [-0.39, 0.29) is 22.5 Å². The van der Waals surface area contributed by atoms with Crippen molar-refractivity contribution in [2.75, 3.05) is 39.4 Å². The Kier molecular flexibility index (Phi) is 5.19. The smallest absolute Gasteiger partial charge is 0.332 e. The number of aromatic nitrogens is 3. The normalized spacial score (nSPS) is 15.3. The third-order valence-corrected chi connectivity index (χ3v) is 4.60. The minimum absolute atomic E-state index is 0.157. The molecule has 9 heteroatoms. The summed E-state index contributed by atoms with van der Waals surface area (Å²) < 4.78 is 7.58. The average Bonchev–Trinajstić information content (AvgIpc) is 2.64. The molecule has 0 radical (unpaired) electrons. The molecule has 1 aliphatic heterocycles. The van der Waals surface area contributed by atoms with Gasteiger partial charge < -0.3 is 10.1 Å². The van der Waals surface area contributed by atoms with Gasteiger partial charge in [-0.15, -0.1) is 0 Å². The van der Waals surface area contributed by atoms with Gasteiger partial charge in [-0.25, -0.2) is 9.78 Å². The number of hydrogen-bond donors (Lipinski definition) is 1. The predicted molar refractivity (Wildman–Crippen MR) is 96.6 cm³/mol. The lowest BCUT2D eigenvalue weighted by Crippen LogP contribution is -2.42. The first-order valence-corrected chi connectivity index (χ1v) is 8.56. The number of nitrogens with one attached hydrogen (secondary N) is 1. The molecule has 26 heavy (non-hydrogen) atoms. The zero-order valence-electron chi connectivity index (χ0n) is 15.2. The van der Waals surface area contributed by atoms with E-state index < -0.39 is 11.2 Å². The topological polar surface area (TPSA) is 98.5 Å². The molecule has 0 aromatic carbocycles. The van der Waals surface area contributed by atoms with Gasteiger partial charge in [-0.1, -0.05) is 0 Å². The lowest BCUT2D eigenvalue weighted by atomic mass is 10.1. The molecular weight excluding hydrogens is 338 g/mol. The van der Waals surface area contributed by atoms with Gasteiger partial charge in [0, 0.05) is 46.0 Å². The maximum atomic E-state index is 12.7. The Balaban J connectivity index is 1.90. The summed E-state index contributed by atoms with van der Waals surface area (Å²) in [6.07, 6.45) is 0. The van der Waals surface area contributed by atoms with Gasteiger partial charge in [0.15, 0.2) is 0 Å². The van der Waals surface area contributed by atoms with E-state index in [1.54, 1.807) is 13.0 Å². The van der Waals surface area contributed by atoms with Crippen LogP contribution in [-0.2, 0) is 18.8 Å². The van der Waals surface area contributed by atoms with Gasteiger partial charge in [0.1, 0.15) is 5.65 Å². The van der Waals surface area contributed by atoms with E-state index in [4.69, 9.17) is 4.74 Å². The van der Waals surface area contributed by atoms with Gasteiger partial charge >= 0.3 is 5.69 Å². The zero-order chi connectivity index (χ0) is 18.8. The van der Waals surface area contributed by atoms with E-state index >= 15 is 0 Å². The lowest BCUT2D eigenvalue weighted by molar-refractivity contribution is 0.0383. The second-order valence-electron chi connectivity index (χ2n) is 6.43. The molecule has 1 aliphatic rings. The van der Waals surface area contributed by atoms with E-state index in [1.165, 1.54) is 18.7 Å². The van der Waals surface area contributed by atoms with Crippen molar-refractivity contribution >= 4 is 16.9 Å². The number of aryl methyl sites for hydroxylation is 2. The van der Waals surface area contributed by atoms with Gasteiger partial charge in [-0.3, -0.25) is 23.6 Å². The molecule has 2 aromatic rings. The summed E-state index contributed by atoms with van der Waals surface area (Å²) in [5.41, 5.74) is 0.0365. The molecule has 1 N–H and O–H groups in total. The number of fused-ring (bicyclic) bond motifs is 1. The number of amides is 1. The van der Waals surface area contributed by atoms with Crippen molar-refractivity contribution < 1.29 is 9.53 Å². The van der Waals surface area contributed by atoms with E-state index in [2.05, 4.69) is 15.2 Å². The highest BCUT2D eigenvalue weighted by molar-refractivity contribution is 6.05. The largest absolute Gasteiger partial charge is 0.379 e. The maximum Gasteiger partial charge on any atom is 0.332 e. The van der Waals surface area contributed by atoms with Gasteiger partial charge in [-0.2, -0.15) is 0 Å². The number of hydrogen-bond acceptors (Lipinski definition) is 6.